The zero-order valence-corrected chi connectivity index (χ0v) is 16.4. The lowest BCUT2D eigenvalue weighted by atomic mass is 9.87. The molecule has 2 fully saturated rings. The van der Waals surface area contributed by atoms with Crippen LogP contribution in [0.15, 0.2) is 18.2 Å². The minimum atomic E-state index is -0.583. The van der Waals surface area contributed by atoms with Crippen molar-refractivity contribution >= 4 is 17.7 Å². The summed E-state index contributed by atoms with van der Waals surface area (Å²) >= 11 is 0. The molecule has 7 nitrogen and oxygen atoms in total. The fourth-order valence-corrected chi connectivity index (χ4v) is 4.50. The molecule has 1 unspecified atom stereocenters. The molecule has 0 spiro atoms. The number of nitrogens with one attached hydrogen (secondary N) is 1. The molecule has 150 valence electrons. The van der Waals surface area contributed by atoms with Gasteiger partial charge in [-0.15, -0.1) is 0 Å². The van der Waals surface area contributed by atoms with E-state index in [-0.39, 0.29) is 30.2 Å². The van der Waals surface area contributed by atoms with E-state index in [2.05, 4.69) is 24.1 Å². The maximum atomic E-state index is 12.8. The van der Waals surface area contributed by atoms with Gasteiger partial charge in [-0.1, -0.05) is 13.8 Å². The van der Waals surface area contributed by atoms with Crippen LogP contribution in [0, 0.1) is 0 Å². The lowest BCUT2D eigenvalue weighted by Crippen LogP contribution is -2.53. The van der Waals surface area contributed by atoms with Gasteiger partial charge in [0.25, 0.3) is 5.91 Å². The van der Waals surface area contributed by atoms with Crippen LogP contribution in [0.3, 0.4) is 0 Å². The molecule has 2 aliphatic heterocycles. The van der Waals surface area contributed by atoms with Crippen LogP contribution >= 0.6 is 0 Å². The smallest absolute Gasteiger partial charge is 0.255 e. The Labute approximate surface area is 165 Å². The quantitative estimate of drug-likeness (QED) is 0.754. The summed E-state index contributed by atoms with van der Waals surface area (Å²) in [6.45, 7) is 6.75. The molecule has 1 aromatic rings. The Bertz CT molecular complexity index is 805. The highest BCUT2D eigenvalue weighted by molar-refractivity contribution is 6.05. The summed E-state index contributed by atoms with van der Waals surface area (Å²) in [6.07, 6.45) is 3.01. The van der Waals surface area contributed by atoms with Crippen LogP contribution in [-0.4, -0.2) is 58.8 Å². The Balaban J connectivity index is 1.45. The first-order valence-corrected chi connectivity index (χ1v) is 10.2. The number of likely N-dealkylation sites (N-methyl/N-ethyl adjacent to an activating group) is 1. The van der Waals surface area contributed by atoms with Gasteiger partial charge in [0.2, 0.25) is 11.8 Å². The molecule has 3 atom stereocenters. The molecule has 7 heteroatoms. The molecule has 3 amide bonds. The van der Waals surface area contributed by atoms with E-state index in [0.717, 1.165) is 37.2 Å². The standard InChI is InChI=1S/C21H27N3O4/c1-3-23(4-2)16-7-9-18(16)28-14-5-6-15-13(11-14)12-24(21(15)27)17-8-10-19(25)22-20(17)26/h5-6,11,16-18H,3-4,7-10,12H2,1-2H3,(H,22,25,26)/t16-,17?,18-/m0/s1. The van der Waals surface area contributed by atoms with Gasteiger partial charge < -0.3 is 9.64 Å². The highest BCUT2D eigenvalue weighted by Gasteiger charge is 2.40. The van der Waals surface area contributed by atoms with Crippen LogP contribution in [-0.2, 0) is 16.1 Å². The number of nitrogens with zero attached hydrogens (tertiary/aromatic N) is 2. The third-order valence-corrected chi connectivity index (χ3v) is 6.24. The lowest BCUT2D eigenvalue weighted by Gasteiger charge is -2.43. The number of fused-ring (bicyclic) bond motifs is 1. The molecule has 0 aromatic heterocycles. The van der Waals surface area contributed by atoms with Crippen LogP contribution in [0.5, 0.6) is 5.75 Å². The van der Waals surface area contributed by atoms with Gasteiger partial charge >= 0.3 is 0 Å². The molecule has 1 saturated carbocycles. The molecule has 1 aliphatic carbocycles. The lowest BCUT2D eigenvalue weighted by molar-refractivity contribution is -0.136. The second-order valence-corrected chi connectivity index (χ2v) is 7.74. The van der Waals surface area contributed by atoms with E-state index in [0.29, 0.717) is 24.6 Å². The van der Waals surface area contributed by atoms with Crippen molar-refractivity contribution < 1.29 is 19.1 Å². The average Bonchev–Trinajstić information content (AvgIpc) is 2.99. The highest BCUT2D eigenvalue weighted by Crippen LogP contribution is 2.33. The predicted octanol–water partition coefficient (Wildman–Crippen LogP) is 1.70. The summed E-state index contributed by atoms with van der Waals surface area (Å²) < 4.78 is 6.23. The summed E-state index contributed by atoms with van der Waals surface area (Å²) in [5.74, 6) is -0.0333. The van der Waals surface area contributed by atoms with Crippen LogP contribution in [0.2, 0.25) is 0 Å². The number of ether oxygens (including phenoxy) is 1. The molecular weight excluding hydrogens is 358 g/mol. The molecule has 1 N–H and O–H groups in total. The van der Waals surface area contributed by atoms with E-state index in [4.69, 9.17) is 4.74 Å². The Morgan fingerprint density at radius 3 is 2.57 bits per heavy atom. The summed E-state index contributed by atoms with van der Waals surface area (Å²) in [7, 11) is 0. The van der Waals surface area contributed by atoms with Crippen molar-refractivity contribution in [2.24, 2.45) is 0 Å². The molecule has 4 rings (SSSR count). The first-order chi connectivity index (χ1) is 13.5. The number of rotatable bonds is 6. The molecule has 0 bridgehead atoms. The Hall–Kier alpha value is -2.41. The second kappa shape index (κ2) is 7.54. The first kappa shape index (κ1) is 18.9. The third-order valence-electron chi connectivity index (χ3n) is 6.24. The zero-order valence-electron chi connectivity index (χ0n) is 16.4. The monoisotopic (exact) mass is 385 g/mol. The Morgan fingerprint density at radius 1 is 1.14 bits per heavy atom. The van der Waals surface area contributed by atoms with E-state index in [1.807, 2.05) is 12.1 Å². The van der Waals surface area contributed by atoms with Crippen LogP contribution in [0.1, 0.15) is 55.5 Å². The Morgan fingerprint density at radius 2 is 1.93 bits per heavy atom. The fraction of sp³-hybridized carbons (Fsp3) is 0.571. The maximum Gasteiger partial charge on any atom is 0.255 e. The molecule has 1 aromatic carbocycles. The van der Waals surface area contributed by atoms with Gasteiger partial charge in [-0.25, -0.2) is 0 Å². The van der Waals surface area contributed by atoms with E-state index >= 15 is 0 Å². The SMILES string of the molecule is CCN(CC)[C@H]1CC[C@@H]1Oc1ccc2c(c1)CN(C1CCC(=O)NC1=O)C2=O. The number of piperidine rings is 1. The topological polar surface area (TPSA) is 79.0 Å². The van der Waals surface area contributed by atoms with Crippen molar-refractivity contribution in [3.8, 4) is 5.75 Å². The van der Waals surface area contributed by atoms with E-state index < -0.39 is 6.04 Å². The normalized spacial score (nSPS) is 26.9. The summed E-state index contributed by atoms with van der Waals surface area (Å²) in [6, 6.07) is 5.44. The van der Waals surface area contributed by atoms with Gasteiger partial charge in [0.15, 0.2) is 0 Å². The number of carbonyl (C=O) groups excluding carboxylic acids is 3. The molecule has 1 saturated heterocycles. The number of benzene rings is 1. The zero-order chi connectivity index (χ0) is 19.8. The van der Waals surface area contributed by atoms with Crippen LogP contribution < -0.4 is 10.1 Å². The third kappa shape index (κ3) is 3.28. The average molecular weight is 385 g/mol. The minimum absolute atomic E-state index is 0.152. The summed E-state index contributed by atoms with van der Waals surface area (Å²) in [5.41, 5.74) is 1.50. The van der Waals surface area contributed by atoms with Gasteiger partial charge in [-0.2, -0.15) is 0 Å². The van der Waals surface area contributed by atoms with Gasteiger partial charge in [-0.3, -0.25) is 24.6 Å². The number of hydrogen-bond acceptors (Lipinski definition) is 5. The maximum absolute atomic E-state index is 12.8. The van der Waals surface area contributed by atoms with Crippen molar-refractivity contribution in [2.75, 3.05) is 13.1 Å². The van der Waals surface area contributed by atoms with Gasteiger partial charge in [0, 0.05) is 24.6 Å². The van der Waals surface area contributed by atoms with Crippen molar-refractivity contribution in [1.29, 1.82) is 0 Å². The molecule has 28 heavy (non-hydrogen) atoms. The Kier molecular flexibility index (Phi) is 5.10. The van der Waals surface area contributed by atoms with Crippen LogP contribution in [0.25, 0.3) is 0 Å². The molecule has 3 aliphatic rings. The fourth-order valence-electron chi connectivity index (χ4n) is 4.50. The largest absolute Gasteiger partial charge is 0.489 e. The number of amides is 3. The van der Waals surface area contributed by atoms with Crippen molar-refractivity contribution in [2.45, 2.75) is 64.3 Å². The molecule has 0 radical (unpaired) electrons. The summed E-state index contributed by atoms with van der Waals surface area (Å²) in [4.78, 5) is 40.3. The highest BCUT2D eigenvalue weighted by atomic mass is 16.5. The second-order valence-electron chi connectivity index (χ2n) is 7.74. The first-order valence-electron chi connectivity index (χ1n) is 10.2. The van der Waals surface area contributed by atoms with Crippen molar-refractivity contribution in [1.82, 2.24) is 15.1 Å². The van der Waals surface area contributed by atoms with Gasteiger partial charge in [0.1, 0.15) is 17.9 Å². The number of carbonyl (C=O) groups is 3. The summed E-state index contributed by atoms with van der Waals surface area (Å²) in [5, 5.41) is 2.33. The minimum Gasteiger partial charge on any atom is -0.489 e. The van der Waals surface area contributed by atoms with Crippen LogP contribution in [0.4, 0.5) is 0 Å². The van der Waals surface area contributed by atoms with Crippen molar-refractivity contribution in [3.63, 3.8) is 0 Å². The van der Waals surface area contributed by atoms with E-state index in [9.17, 15) is 14.4 Å². The van der Waals surface area contributed by atoms with E-state index in [1.165, 1.54) is 0 Å². The predicted molar refractivity (Wildman–Crippen MR) is 103 cm³/mol. The van der Waals surface area contributed by atoms with E-state index in [1.54, 1.807) is 11.0 Å². The molecule has 2 heterocycles. The molecular formula is C21H27N3O4. The van der Waals surface area contributed by atoms with Gasteiger partial charge in [0.05, 0.1) is 0 Å². The number of hydrogen-bond donors (Lipinski definition) is 1. The number of imide groups is 1. The van der Waals surface area contributed by atoms with Crippen molar-refractivity contribution in [3.05, 3.63) is 29.3 Å². The van der Waals surface area contributed by atoms with Gasteiger partial charge in [-0.05, 0) is 56.1 Å².